The lowest BCUT2D eigenvalue weighted by Crippen LogP contribution is -2.37. The highest BCUT2D eigenvalue weighted by molar-refractivity contribution is 7.89. The van der Waals surface area contributed by atoms with Crippen molar-refractivity contribution in [2.45, 2.75) is 26.3 Å². The van der Waals surface area contributed by atoms with Gasteiger partial charge in [0.25, 0.3) is 0 Å². The minimum Gasteiger partial charge on any atom is -0.380 e. The highest BCUT2D eigenvalue weighted by Gasteiger charge is 2.13. The third-order valence-electron chi connectivity index (χ3n) is 1.79. The molecule has 0 radical (unpaired) electrons. The van der Waals surface area contributed by atoms with Gasteiger partial charge >= 0.3 is 0 Å². The summed E-state index contributed by atoms with van der Waals surface area (Å²) < 4.78 is 30.7. The van der Waals surface area contributed by atoms with E-state index in [1.54, 1.807) is 14.0 Å². The van der Waals surface area contributed by atoms with E-state index in [2.05, 4.69) is 10.0 Å². The fraction of sp³-hybridized carbons (Fsp3) is 1.00. The summed E-state index contributed by atoms with van der Waals surface area (Å²) in [5.41, 5.74) is 0. The van der Waals surface area contributed by atoms with Crippen LogP contribution in [0.3, 0.4) is 0 Å². The zero-order valence-electron chi connectivity index (χ0n) is 9.75. The van der Waals surface area contributed by atoms with Gasteiger partial charge in [-0.1, -0.05) is 0 Å². The molecule has 5 nitrogen and oxygen atoms in total. The van der Waals surface area contributed by atoms with Gasteiger partial charge in [0.05, 0.1) is 12.4 Å². The van der Waals surface area contributed by atoms with Gasteiger partial charge in [-0.15, -0.1) is 0 Å². The first-order valence-corrected chi connectivity index (χ1v) is 6.89. The summed E-state index contributed by atoms with van der Waals surface area (Å²) >= 11 is 0. The molecule has 0 bridgehead atoms. The molecule has 0 saturated carbocycles. The Bertz CT molecular complexity index is 242. The molecule has 0 aliphatic carbocycles. The van der Waals surface area contributed by atoms with Gasteiger partial charge < -0.3 is 10.1 Å². The van der Waals surface area contributed by atoms with Crippen LogP contribution in [0, 0.1) is 0 Å². The van der Waals surface area contributed by atoms with Gasteiger partial charge in [0.2, 0.25) is 10.0 Å². The minimum absolute atomic E-state index is 0.157. The Morgan fingerprint density at radius 1 is 1.40 bits per heavy atom. The van der Waals surface area contributed by atoms with Crippen LogP contribution in [0.25, 0.3) is 0 Å². The van der Waals surface area contributed by atoms with Gasteiger partial charge in [-0.05, 0) is 33.9 Å². The standard InChI is InChI=1S/C9H22N2O3S/c1-4-14-8-9(2)11-15(12,13)7-5-6-10-3/h9-11H,4-8H2,1-3H3. The molecule has 1 atom stereocenters. The number of hydrogen-bond donors (Lipinski definition) is 2. The molecule has 0 saturated heterocycles. The normalized spacial score (nSPS) is 14.1. The molecule has 0 aliphatic rings. The highest BCUT2D eigenvalue weighted by Crippen LogP contribution is 1.93. The van der Waals surface area contributed by atoms with Gasteiger partial charge in [0.15, 0.2) is 0 Å². The van der Waals surface area contributed by atoms with E-state index in [1.807, 2.05) is 6.92 Å². The molecular weight excluding hydrogens is 216 g/mol. The van der Waals surface area contributed by atoms with Crippen LogP contribution >= 0.6 is 0 Å². The second-order valence-electron chi connectivity index (χ2n) is 3.45. The molecule has 0 heterocycles. The van der Waals surface area contributed by atoms with Crippen molar-refractivity contribution in [2.24, 2.45) is 0 Å². The van der Waals surface area contributed by atoms with Crippen LogP contribution in [0.2, 0.25) is 0 Å². The van der Waals surface area contributed by atoms with Crippen molar-refractivity contribution >= 4 is 10.0 Å². The maximum absolute atomic E-state index is 11.5. The molecule has 92 valence electrons. The van der Waals surface area contributed by atoms with E-state index in [0.29, 0.717) is 26.2 Å². The second-order valence-corrected chi connectivity index (χ2v) is 5.33. The summed E-state index contributed by atoms with van der Waals surface area (Å²) in [5, 5.41) is 2.91. The Labute approximate surface area is 92.6 Å². The van der Waals surface area contributed by atoms with Crippen LogP contribution in [0.5, 0.6) is 0 Å². The molecule has 0 rings (SSSR count). The van der Waals surface area contributed by atoms with Crippen molar-refractivity contribution in [3.63, 3.8) is 0 Å². The fourth-order valence-corrected chi connectivity index (χ4v) is 2.46. The third kappa shape index (κ3) is 8.80. The van der Waals surface area contributed by atoms with Crippen molar-refractivity contribution in [3.05, 3.63) is 0 Å². The van der Waals surface area contributed by atoms with Crippen LogP contribution in [-0.4, -0.2) is 47.0 Å². The van der Waals surface area contributed by atoms with Crippen molar-refractivity contribution in [1.29, 1.82) is 0 Å². The zero-order valence-corrected chi connectivity index (χ0v) is 10.6. The van der Waals surface area contributed by atoms with Gasteiger partial charge in [-0.2, -0.15) is 0 Å². The topological polar surface area (TPSA) is 67.4 Å². The van der Waals surface area contributed by atoms with Crippen LogP contribution < -0.4 is 10.0 Å². The predicted molar refractivity (Wildman–Crippen MR) is 61.4 cm³/mol. The van der Waals surface area contributed by atoms with E-state index in [4.69, 9.17) is 4.74 Å². The molecule has 1 unspecified atom stereocenters. The van der Waals surface area contributed by atoms with E-state index in [1.165, 1.54) is 0 Å². The monoisotopic (exact) mass is 238 g/mol. The first kappa shape index (κ1) is 14.8. The third-order valence-corrected chi connectivity index (χ3v) is 3.38. The Hall–Kier alpha value is -0.170. The molecular formula is C9H22N2O3S. The van der Waals surface area contributed by atoms with Crippen molar-refractivity contribution in [2.75, 3.05) is 32.6 Å². The average Bonchev–Trinajstić information content (AvgIpc) is 2.14. The van der Waals surface area contributed by atoms with Crippen molar-refractivity contribution in [1.82, 2.24) is 10.0 Å². The maximum Gasteiger partial charge on any atom is 0.211 e. The molecule has 0 amide bonds. The maximum atomic E-state index is 11.5. The molecule has 0 aromatic rings. The van der Waals surface area contributed by atoms with Crippen molar-refractivity contribution in [3.8, 4) is 0 Å². The smallest absolute Gasteiger partial charge is 0.211 e. The van der Waals surface area contributed by atoms with Gasteiger partial charge in [0, 0.05) is 12.6 Å². The van der Waals surface area contributed by atoms with Crippen LogP contribution in [0.1, 0.15) is 20.3 Å². The lowest BCUT2D eigenvalue weighted by Gasteiger charge is -2.13. The molecule has 15 heavy (non-hydrogen) atoms. The van der Waals surface area contributed by atoms with E-state index < -0.39 is 10.0 Å². The summed E-state index contributed by atoms with van der Waals surface area (Å²) in [4.78, 5) is 0. The molecule has 0 fully saturated rings. The molecule has 0 aromatic heterocycles. The summed E-state index contributed by atoms with van der Waals surface area (Å²) in [6.07, 6.45) is 0.618. The molecule has 0 aromatic carbocycles. The van der Waals surface area contributed by atoms with E-state index in [-0.39, 0.29) is 11.8 Å². The minimum atomic E-state index is -3.15. The van der Waals surface area contributed by atoms with E-state index in [9.17, 15) is 8.42 Å². The number of nitrogens with one attached hydrogen (secondary N) is 2. The van der Waals surface area contributed by atoms with Crippen molar-refractivity contribution < 1.29 is 13.2 Å². The van der Waals surface area contributed by atoms with Crippen LogP contribution in [-0.2, 0) is 14.8 Å². The zero-order chi connectivity index (χ0) is 11.7. The Balaban J connectivity index is 3.81. The SMILES string of the molecule is CCOCC(C)NS(=O)(=O)CCCNC. The second kappa shape index (κ2) is 8.04. The summed E-state index contributed by atoms with van der Waals surface area (Å²) in [5.74, 6) is 0.157. The molecule has 6 heteroatoms. The molecule has 2 N–H and O–H groups in total. The lowest BCUT2D eigenvalue weighted by molar-refractivity contribution is 0.133. The largest absolute Gasteiger partial charge is 0.380 e. The first-order valence-electron chi connectivity index (χ1n) is 5.24. The Morgan fingerprint density at radius 3 is 2.60 bits per heavy atom. The van der Waals surface area contributed by atoms with E-state index in [0.717, 1.165) is 0 Å². The van der Waals surface area contributed by atoms with E-state index >= 15 is 0 Å². The number of ether oxygens (including phenoxy) is 1. The summed E-state index contributed by atoms with van der Waals surface area (Å²) in [6, 6.07) is -0.162. The number of hydrogen-bond acceptors (Lipinski definition) is 4. The molecule has 0 aliphatic heterocycles. The predicted octanol–water partition coefficient (Wildman–Crippen LogP) is -0.0597. The van der Waals surface area contributed by atoms with Gasteiger partial charge in [-0.25, -0.2) is 13.1 Å². The average molecular weight is 238 g/mol. The van der Waals surface area contributed by atoms with Gasteiger partial charge in [0.1, 0.15) is 0 Å². The Kier molecular flexibility index (Phi) is 7.95. The molecule has 0 spiro atoms. The Morgan fingerprint density at radius 2 is 2.07 bits per heavy atom. The summed E-state index contributed by atoms with van der Waals surface area (Å²) in [7, 11) is -1.35. The van der Waals surface area contributed by atoms with Gasteiger partial charge in [-0.3, -0.25) is 0 Å². The first-order chi connectivity index (χ1) is 7.02. The van der Waals surface area contributed by atoms with Crippen LogP contribution in [0.15, 0.2) is 0 Å². The highest BCUT2D eigenvalue weighted by atomic mass is 32.2. The fourth-order valence-electron chi connectivity index (χ4n) is 1.13. The number of rotatable bonds is 9. The quantitative estimate of drug-likeness (QED) is 0.552. The lowest BCUT2D eigenvalue weighted by atomic mass is 10.4. The summed E-state index contributed by atoms with van der Waals surface area (Å²) in [6.45, 7) is 5.41. The van der Waals surface area contributed by atoms with Crippen LogP contribution in [0.4, 0.5) is 0 Å². The number of sulfonamides is 1.